The smallest absolute Gasteiger partial charge is 0.251 e. The van der Waals surface area contributed by atoms with Gasteiger partial charge in [0.15, 0.2) is 0 Å². The number of rotatable bonds is 7. The van der Waals surface area contributed by atoms with Crippen LogP contribution < -0.4 is 25.8 Å². The molecule has 2 aromatic carbocycles. The van der Waals surface area contributed by atoms with Gasteiger partial charge in [0, 0.05) is 30.6 Å². The van der Waals surface area contributed by atoms with Gasteiger partial charge < -0.3 is 25.8 Å². The molecule has 1 heterocycles. The molecule has 2 aliphatic rings. The van der Waals surface area contributed by atoms with Crippen molar-refractivity contribution in [1.29, 1.82) is 0 Å². The van der Waals surface area contributed by atoms with Crippen LogP contribution in [0.3, 0.4) is 0 Å². The highest BCUT2D eigenvalue weighted by Gasteiger charge is 2.40. The first kappa shape index (κ1) is 21.9. The molecule has 1 aliphatic carbocycles. The van der Waals surface area contributed by atoms with Gasteiger partial charge in [0.1, 0.15) is 11.5 Å². The van der Waals surface area contributed by atoms with Crippen molar-refractivity contribution in [3.8, 4) is 11.5 Å². The second-order valence-electron chi connectivity index (χ2n) is 8.26. The van der Waals surface area contributed by atoms with Gasteiger partial charge in [-0.05, 0) is 66.6 Å². The van der Waals surface area contributed by atoms with Crippen LogP contribution in [0, 0.1) is 5.92 Å². The number of methoxy groups -OCH3 is 2. The molecule has 1 fully saturated rings. The molecule has 1 amide bonds. The number of halogens is 1. The summed E-state index contributed by atoms with van der Waals surface area (Å²) in [5.41, 5.74) is 9.78. The maximum atomic E-state index is 12.8. The maximum Gasteiger partial charge on any atom is 0.251 e. The molecule has 1 unspecified atom stereocenters. The quantitative estimate of drug-likeness (QED) is 0.611. The average molecular weight is 444 g/mol. The van der Waals surface area contributed by atoms with Crippen molar-refractivity contribution < 1.29 is 14.3 Å². The van der Waals surface area contributed by atoms with Gasteiger partial charge in [-0.25, -0.2) is 0 Å². The molecular formula is C24H30ClN3O3. The molecule has 0 radical (unpaired) electrons. The van der Waals surface area contributed by atoms with Crippen LogP contribution in [0.4, 0.5) is 0 Å². The van der Waals surface area contributed by atoms with Crippen LogP contribution >= 0.6 is 11.6 Å². The molecule has 4 N–H and O–H groups in total. The Kier molecular flexibility index (Phi) is 6.70. The van der Waals surface area contributed by atoms with Crippen LogP contribution in [0.15, 0.2) is 30.3 Å². The van der Waals surface area contributed by atoms with Gasteiger partial charge in [-0.2, -0.15) is 0 Å². The van der Waals surface area contributed by atoms with Crippen LogP contribution in [0.25, 0.3) is 0 Å². The van der Waals surface area contributed by atoms with Gasteiger partial charge in [0.25, 0.3) is 5.91 Å². The van der Waals surface area contributed by atoms with Crippen LogP contribution in [0.2, 0.25) is 5.02 Å². The molecule has 166 valence electrons. The van der Waals surface area contributed by atoms with Gasteiger partial charge in [-0.3, -0.25) is 4.79 Å². The molecule has 0 spiro atoms. The Morgan fingerprint density at radius 2 is 2.06 bits per heavy atom. The molecule has 6 nitrogen and oxygen atoms in total. The Bertz CT molecular complexity index is 965. The Labute approximate surface area is 188 Å². The molecule has 4 rings (SSSR count). The number of carbonyl (C=O) groups excluding carboxylic acids is 1. The van der Waals surface area contributed by atoms with E-state index in [2.05, 4.69) is 22.8 Å². The summed E-state index contributed by atoms with van der Waals surface area (Å²) < 4.78 is 10.8. The summed E-state index contributed by atoms with van der Waals surface area (Å²) in [5.74, 6) is 2.42. The zero-order chi connectivity index (χ0) is 22.0. The highest BCUT2D eigenvalue weighted by molar-refractivity contribution is 6.32. The van der Waals surface area contributed by atoms with E-state index in [0.717, 1.165) is 31.6 Å². The van der Waals surface area contributed by atoms with Gasteiger partial charge in [-0.15, -0.1) is 0 Å². The fourth-order valence-corrected chi connectivity index (χ4v) is 5.41. The van der Waals surface area contributed by atoms with E-state index >= 15 is 0 Å². The second-order valence-corrected chi connectivity index (χ2v) is 8.67. The Morgan fingerprint density at radius 1 is 1.26 bits per heavy atom. The van der Waals surface area contributed by atoms with Crippen molar-refractivity contribution in [3.63, 3.8) is 0 Å². The summed E-state index contributed by atoms with van der Waals surface area (Å²) in [6, 6.07) is 10.0. The second kappa shape index (κ2) is 9.47. The Morgan fingerprint density at radius 3 is 2.81 bits per heavy atom. The number of ether oxygens (including phenoxy) is 2. The van der Waals surface area contributed by atoms with Crippen molar-refractivity contribution in [1.82, 2.24) is 10.6 Å². The largest absolute Gasteiger partial charge is 0.496 e. The number of nitrogens with two attached hydrogens (primary N) is 1. The summed E-state index contributed by atoms with van der Waals surface area (Å²) in [6.45, 7) is 1.83. The molecule has 3 atom stereocenters. The van der Waals surface area contributed by atoms with Gasteiger partial charge >= 0.3 is 0 Å². The van der Waals surface area contributed by atoms with E-state index in [-0.39, 0.29) is 12.5 Å². The minimum Gasteiger partial charge on any atom is -0.496 e. The molecule has 0 bridgehead atoms. The molecule has 7 heteroatoms. The van der Waals surface area contributed by atoms with Gasteiger partial charge in [0.2, 0.25) is 0 Å². The van der Waals surface area contributed by atoms with E-state index in [9.17, 15) is 4.79 Å². The topological polar surface area (TPSA) is 85.6 Å². The maximum absolute atomic E-state index is 12.8. The third kappa shape index (κ3) is 4.25. The summed E-state index contributed by atoms with van der Waals surface area (Å²) >= 11 is 6.22. The van der Waals surface area contributed by atoms with Crippen molar-refractivity contribution in [2.24, 2.45) is 11.7 Å². The number of hydrogen-bond donors (Lipinski definition) is 3. The lowest BCUT2D eigenvalue weighted by molar-refractivity contribution is 0.0951. The highest BCUT2D eigenvalue weighted by Crippen LogP contribution is 2.45. The minimum atomic E-state index is -0.162. The lowest BCUT2D eigenvalue weighted by atomic mass is 9.73. The predicted molar refractivity (Wildman–Crippen MR) is 122 cm³/mol. The predicted octanol–water partition coefficient (Wildman–Crippen LogP) is 3.25. The van der Waals surface area contributed by atoms with E-state index in [0.29, 0.717) is 46.3 Å². The zero-order valence-corrected chi connectivity index (χ0v) is 18.8. The summed E-state index contributed by atoms with van der Waals surface area (Å²) in [7, 11) is 3.28. The summed E-state index contributed by atoms with van der Waals surface area (Å²) in [5, 5.41) is 7.14. The molecular weight excluding hydrogens is 414 g/mol. The van der Waals surface area contributed by atoms with E-state index < -0.39 is 0 Å². The monoisotopic (exact) mass is 443 g/mol. The van der Waals surface area contributed by atoms with Crippen LogP contribution in [0.1, 0.15) is 45.8 Å². The Hall–Kier alpha value is -2.28. The number of hydrogen-bond acceptors (Lipinski definition) is 5. The number of nitrogens with one attached hydrogen (secondary N) is 2. The highest BCUT2D eigenvalue weighted by atomic mass is 35.5. The molecule has 31 heavy (non-hydrogen) atoms. The molecule has 1 aliphatic heterocycles. The van der Waals surface area contributed by atoms with E-state index in [1.54, 1.807) is 26.4 Å². The summed E-state index contributed by atoms with van der Waals surface area (Å²) in [4.78, 5) is 12.8. The van der Waals surface area contributed by atoms with Crippen molar-refractivity contribution in [3.05, 3.63) is 57.6 Å². The van der Waals surface area contributed by atoms with E-state index in [1.165, 1.54) is 11.1 Å². The first-order valence-corrected chi connectivity index (χ1v) is 11.2. The lowest BCUT2D eigenvalue weighted by Gasteiger charge is -2.32. The molecule has 0 saturated carbocycles. The van der Waals surface area contributed by atoms with Gasteiger partial charge in [0.05, 0.1) is 19.2 Å². The first-order valence-electron chi connectivity index (χ1n) is 10.8. The summed E-state index contributed by atoms with van der Waals surface area (Å²) in [6.07, 6.45) is 3.08. The third-order valence-corrected chi connectivity index (χ3v) is 6.98. The van der Waals surface area contributed by atoms with Crippen LogP contribution in [-0.4, -0.2) is 39.3 Å². The van der Waals surface area contributed by atoms with Crippen molar-refractivity contribution >= 4 is 17.5 Å². The fourth-order valence-electron chi connectivity index (χ4n) is 5.17. The van der Waals surface area contributed by atoms with E-state index in [1.807, 2.05) is 6.07 Å². The minimum absolute atomic E-state index is 0.162. The third-order valence-electron chi connectivity index (χ3n) is 6.68. The average Bonchev–Trinajstić information content (AvgIpc) is 3.21. The van der Waals surface area contributed by atoms with Crippen molar-refractivity contribution in [2.75, 3.05) is 27.3 Å². The molecule has 1 saturated heterocycles. The number of amides is 1. The fraction of sp³-hybridized carbons (Fsp3) is 0.458. The number of benzene rings is 2. The number of carbonyl (C=O) groups is 1. The SMILES string of the molecule is COc1cc(CN)c(C(=O)NCCC2NC[C@@H]3CCc4c(OC)cccc4[C@H]23)cc1Cl. The first-order chi connectivity index (χ1) is 15.1. The van der Waals surface area contributed by atoms with Crippen molar-refractivity contribution in [2.45, 2.75) is 37.8 Å². The van der Waals surface area contributed by atoms with E-state index in [4.69, 9.17) is 26.8 Å². The lowest BCUT2D eigenvalue weighted by Crippen LogP contribution is -2.34. The van der Waals surface area contributed by atoms with Gasteiger partial charge in [-0.1, -0.05) is 23.7 Å². The zero-order valence-electron chi connectivity index (χ0n) is 18.0. The Balaban J connectivity index is 1.43. The standard InChI is InChI=1S/C24H30ClN3O3/c1-30-21-5-3-4-17-16(21)7-6-14-13-28-20(23(14)17)8-9-27-24(29)18-11-19(25)22(31-2)10-15(18)12-26/h3-5,10-11,14,20,23,28H,6-9,12-13,26H2,1-2H3,(H,27,29)/t14-,20?,23+/m0/s1. The molecule has 0 aromatic heterocycles. The normalized spacial score (nSPS) is 21.9. The van der Waals surface area contributed by atoms with Crippen LogP contribution in [-0.2, 0) is 13.0 Å². The van der Waals surface area contributed by atoms with Crippen LogP contribution in [0.5, 0.6) is 11.5 Å². The number of fused-ring (bicyclic) bond motifs is 3. The molecule has 2 aromatic rings.